The number of fused-ring (bicyclic) bond motifs is 5. The Morgan fingerprint density at radius 2 is 2.12 bits per heavy atom. The average Bonchev–Trinajstić information content (AvgIpc) is 3.13. The van der Waals surface area contributed by atoms with Crippen LogP contribution in [0.2, 0.25) is 5.28 Å². The normalized spacial score (nSPS) is 15.8. The van der Waals surface area contributed by atoms with E-state index in [-0.39, 0.29) is 17.2 Å². The zero-order chi connectivity index (χ0) is 23.1. The molecule has 11 heteroatoms. The SMILES string of the molecule is CCOCc1cnc(Cl)nc1N(C)c1cnc2c(ccc3sc4c(c32)NC[C@@H](C)NC4=O)n1. The summed E-state index contributed by atoms with van der Waals surface area (Å²) >= 11 is 7.53. The van der Waals surface area contributed by atoms with Crippen molar-refractivity contribution in [2.45, 2.75) is 26.5 Å². The lowest BCUT2D eigenvalue weighted by atomic mass is 10.1. The Hall–Kier alpha value is -3.08. The molecule has 33 heavy (non-hydrogen) atoms. The van der Waals surface area contributed by atoms with Crippen molar-refractivity contribution in [1.29, 1.82) is 0 Å². The van der Waals surface area contributed by atoms with Crippen LogP contribution >= 0.6 is 22.9 Å². The van der Waals surface area contributed by atoms with E-state index in [1.807, 2.05) is 37.9 Å². The predicted octanol–water partition coefficient (Wildman–Crippen LogP) is 4.14. The quantitative estimate of drug-likeness (QED) is 0.408. The molecular formula is C22H22ClN7O2S. The highest BCUT2D eigenvalue weighted by molar-refractivity contribution is 7.21. The van der Waals surface area contributed by atoms with E-state index in [4.69, 9.17) is 26.3 Å². The fraction of sp³-hybridized carbons (Fsp3) is 0.318. The second-order valence-electron chi connectivity index (χ2n) is 7.78. The van der Waals surface area contributed by atoms with Gasteiger partial charge in [-0.05, 0) is 37.6 Å². The molecule has 1 aromatic carbocycles. The number of amides is 1. The lowest BCUT2D eigenvalue weighted by molar-refractivity contribution is 0.0949. The molecule has 170 valence electrons. The number of thiophene rings is 1. The van der Waals surface area contributed by atoms with Crippen molar-refractivity contribution in [2.24, 2.45) is 0 Å². The zero-order valence-corrected chi connectivity index (χ0v) is 19.9. The molecule has 1 aliphatic rings. The highest BCUT2D eigenvalue weighted by atomic mass is 35.5. The van der Waals surface area contributed by atoms with Crippen LogP contribution in [0.15, 0.2) is 24.5 Å². The van der Waals surface area contributed by atoms with Gasteiger partial charge in [0.15, 0.2) is 5.82 Å². The molecule has 5 rings (SSSR count). The Kier molecular flexibility index (Phi) is 5.73. The molecule has 2 N–H and O–H groups in total. The maximum Gasteiger partial charge on any atom is 0.263 e. The Morgan fingerprint density at radius 3 is 2.94 bits per heavy atom. The second kappa shape index (κ2) is 8.69. The van der Waals surface area contributed by atoms with Crippen LogP contribution in [0.3, 0.4) is 0 Å². The number of aromatic nitrogens is 4. The third kappa shape index (κ3) is 3.94. The van der Waals surface area contributed by atoms with E-state index in [1.54, 1.807) is 12.4 Å². The molecule has 4 heterocycles. The van der Waals surface area contributed by atoms with Crippen LogP contribution in [0.1, 0.15) is 29.1 Å². The van der Waals surface area contributed by atoms with E-state index in [9.17, 15) is 4.79 Å². The molecule has 0 aliphatic carbocycles. The monoisotopic (exact) mass is 483 g/mol. The third-order valence-corrected chi connectivity index (χ3v) is 6.79. The van der Waals surface area contributed by atoms with Crippen molar-refractivity contribution < 1.29 is 9.53 Å². The van der Waals surface area contributed by atoms with Crippen molar-refractivity contribution in [3.05, 3.63) is 40.3 Å². The number of carbonyl (C=O) groups is 1. The summed E-state index contributed by atoms with van der Waals surface area (Å²) in [5, 5.41) is 7.49. The molecule has 4 aromatic rings. The van der Waals surface area contributed by atoms with Crippen LogP contribution in [0, 0.1) is 0 Å². The highest BCUT2D eigenvalue weighted by Crippen LogP contribution is 2.40. The molecular weight excluding hydrogens is 462 g/mol. The fourth-order valence-electron chi connectivity index (χ4n) is 3.83. The number of carbonyl (C=O) groups excluding carboxylic acids is 1. The smallest absolute Gasteiger partial charge is 0.263 e. The van der Waals surface area contributed by atoms with Gasteiger partial charge in [-0.2, -0.15) is 4.98 Å². The van der Waals surface area contributed by atoms with E-state index in [2.05, 4.69) is 20.6 Å². The van der Waals surface area contributed by atoms with Crippen LogP contribution < -0.4 is 15.5 Å². The Labute approximate surface area is 199 Å². The molecule has 0 saturated carbocycles. The Morgan fingerprint density at radius 1 is 1.27 bits per heavy atom. The minimum absolute atomic E-state index is 0.0408. The molecule has 3 aromatic heterocycles. The van der Waals surface area contributed by atoms with Gasteiger partial charge in [-0.15, -0.1) is 11.3 Å². The lowest BCUT2D eigenvalue weighted by Gasteiger charge is -2.20. The summed E-state index contributed by atoms with van der Waals surface area (Å²) in [5.74, 6) is 1.15. The van der Waals surface area contributed by atoms with E-state index in [1.165, 1.54) is 11.3 Å². The van der Waals surface area contributed by atoms with E-state index >= 15 is 0 Å². The predicted molar refractivity (Wildman–Crippen MR) is 131 cm³/mol. The number of hydrogen-bond donors (Lipinski definition) is 2. The molecule has 9 nitrogen and oxygen atoms in total. The summed E-state index contributed by atoms with van der Waals surface area (Å²) in [6, 6.07) is 3.95. The summed E-state index contributed by atoms with van der Waals surface area (Å²) in [5.41, 5.74) is 3.08. The van der Waals surface area contributed by atoms with Crippen LogP contribution in [0.4, 0.5) is 17.3 Å². The van der Waals surface area contributed by atoms with Gasteiger partial charge >= 0.3 is 0 Å². The first kappa shape index (κ1) is 21.7. The van der Waals surface area contributed by atoms with E-state index in [0.29, 0.717) is 36.3 Å². The van der Waals surface area contributed by atoms with Gasteiger partial charge in [-0.25, -0.2) is 15.0 Å². The van der Waals surface area contributed by atoms with E-state index < -0.39 is 0 Å². The minimum Gasteiger partial charge on any atom is -0.381 e. The van der Waals surface area contributed by atoms with Crippen molar-refractivity contribution in [3.8, 4) is 0 Å². The van der Waals surface area contributed by atoms with Gasteiger partial charge < -0.3 is 20.3 Å². The Bertz CT molecular complexity index is 1380. The molecule has 0 saturated heterocycles. The summed E-state index contributed by atoms with van der Waals surface area (Å²) in [6.45, 7) is 5.49. The second-order valence-corrected chi connectivity index (χ2v) is 9.17. The first-order chi connectivity index (χ1) is 16.0. The van der Waals surface area contributed by atoms with Crippen LogP contribution in [-0.2, 0) is 11.3 Å². The molecule has 1 aliphatic heterocycles. The first-order valence-electron chi connectivity index (χ1n) is 10.6. The zero-order valence-electron chi connectivity index (χ0n) is 18.3. The maximum absolute atomic E-state index is 12.6. The highest BCUT2D eigenvalue weighted by Gasteiger charge is 2.25. The number of rotatable bonds is 5. The largest absolute Gasteiger partial charge is 0.381 e. The standard InChI is InChI=1S/C22H22ClN7O2S/c1-4-32-10-12-8-26-22(23)29-20(12)30(3)15-9-25-17-13(28-15)5-6-14-16(17)18-19(33-14)21(31)27-11(2)7-24-18/h5-6,8-9,11,24H,4,7,10H2,1-3H3,(H,27,31)/t11-/m1/s1. The number of benzene rings is 1. The molecule has 0 bridgehead atoms. The fourth-order valence-corrected chi connectivity index (χ4v) is 5.05. The maximum atomic E-state index is 12.6. The summed E-state index contributed by atoms with van der Waals surface area (Å²) < 4.78 is 6.54. The van der Waals surface area contributed by atoms with Gasteiger partial charge in [-0.1, -0.05) is 0 Å². The van der Waals surface area contributed by atoms with Gasteiger partial charge in [0.2, 0.25) is 5.28 Å². The van der Waals surface area contributed by atoms with Gasteiger partial charge in [-0.3, -0.25) is 4.79 Å². The lowest BCUT2D eigenvalue weighted by Crippen LogP contribution is -2.34. The molecule has 0 radical (unpaired) electrons. The summed E-state index contributed by atoms with van der Waals surface area (Å²) in [6.07, 6.45) is 3.36. The molecule has 0 spiro atoms. The van der Waals surface area contributed by atoms with Gasteiger partial charge in [0.1, 0.15) is 10.7 Å². The van der Waals surface area contributed by atoms with E-state index in [0.717, 1.165) is 32.4 Å². The van der Waals surface area contributed by atoms with Crippen LogP contribution in [-0.4, -0.2) is 52.1 Å². The average molecular weight is 484 g/mol. The number of ether oxygens (including phenoxy) is 1. The number of anilines is 3. The van der Waals surface area contributed by atoms with Crippen molar-refractivity contribution in [3.63, 3.8) is 0 Å². The molecule has 1 amide bonds. The minimum atomic E-state index is -0.0661. The number of halogens is 1. The Balaban J connectivity index is 1.59. The third-order valence-electron chi connectivity index (χ3n) is 5.46. The first-order valence-corrected chi connectivity index (χ1v) is 11.8. The summed E-state index contributed by atoms with van der Waals surface area (Å²) in [4.78, 5) is 33.2. The number of nitrogens with one attached hydrogen (secondary N) is 2. The van der Waals surface area contributed by atoms with Crippen molar-refractivity contribution in [2.75, 3.05) is 30.4 Å². The molecule has 1 atom stereocenters. The summed E-state index contributed by atoms with van der Waals surface area (Å²) in [7, 11) is 1.85. The molecule has 0 unspecified atom stereocenters. The van der Waals surface area contributed by atoms with Crippen LogP contribution in [0.25, 0.3) is 21.1 Å². The van der Waals surface area contributed by atoms with Gasteiger partial charge in [0.25, 0.3) is 5.91 Å². The van der Waals surface area contributed by atoms with Crippen LogP contribution in [0.5, 0.6) is 0 Å². The topological polar surface area (TPSA) is 105 Å². The van der Waals surface area contributed by atoms with Gasteiger partial charge in [0, 0.05) is 48.1 Å². The number of nitrogens with zero attached hydrogens (tertiary/aromatic N) is 5. The van der Waals surface area contributed by atoms with Crippen molar-refractivity contribution in [1.82, 2.24) is 25.3 Å². The van der Waals surface area contributed by atoms with Gasteiger partial charge in [0.05, 0.1) is 29.5 Å². The van der Waals surface area contributed by atoms with Crippen molar-refractivity contribution >= 4 is 67.3 Å². The number of hydrogen-bond acceptors (Lipinski definition) is 9. The molecule has 0 fully saturated rings.